The third-order valence-electron chi connectivity index (χ3n) is 5.63. The molecular weight excluding hydrogens is 403 g/mol. The summed E-state index contributed by atoms with van der Waals surface area (Å²) in [6.45, 7) is 1.98. The van der Waals surface area contributed by atoms with Crippen LogP contribution in [-0.2, 0) is 22.6 Å². The lowest BCUT2D eigenvalue weighted by Gasteiger charge is -2.31. The molecule has 1 aliphatic carbocycles. The molecule has 0 aromatic heterocycles. The van der Waals surface area contributed by atoms with Gasteiger partial charge in [0.15, 0.2) is 0 Å². The lowest BCUT2D eigenvalue weighted by molar-refractivity contribution is -0.140. The fourth-order valence-electron chi connectivity index (χ4n) is 3.86. The Bertz CT molecular complexity index is 866. The van der Waals surface area contributed by atoms with E-state index in [1.807, 2.05) is 6.07 Å². The van der Waals surface area contributed by atoms with Gasteiger partial charge in [-0.3, -0.25) is 9.59 Å². The number of nitrogens with one attached hydrogen (secondary N) is 1. The number of hydrogen-bond acceptors (Lipinski definition) is 2. The maximum absolute atomic E-state index is 13.3. The summed E-state index contributed by atoms with van der Waals surface area (Å²) in [5.41, 5.74) is 1.56. The zero-order chi connectivity index (χ0) is 21.5. The third kappa shape index (κ3) is 6.30. The lowest BCUT2D eigenvalue weighted by atomic mass is 9.95. The molecule has 2 aromatic rings. The van der Waals surface area contributed by atoms with Gasteiger partial charge in [0.25, 0.3) is 0 Å². The van der Waals surface area contributed by atoms with Crippen LogP contribution in [-0.4, -0.2) is 28.8 Å². The highest BCUT2D eigenvalue weighted by molar-refractivity contribution is 6.30. The Morgan fingerprint density at radius 3 is 2.47 bits per heavy atom. The van der Waals surface area contributed by atoms with Crippen molar-refractivity contribution in [1.29, 1.82) is 0 Å². The van der Waals surface area contributed by atoms with Crippen LogP contribution in [0.25, 0.3) is 0 Å². The van der Waals surface area contributed by atoms with Gasteiger partial charge in [-0.05, 0) is 55.2 Å². The van der Waals surface area contributed by atoms with Gasteiger partial charge in [-0.25, -0.2) is 4.39 Å². The molecule has 1 saturated carbocycles. The van der Waals surface area contributed by atoms with E-state index in [-0.39, 0.29) is 36.6 Å². The molecule has 2 aromatic carbocycles. The summed E-state index contributed by atoms with van der Waals surface area (Å²) >= 11 is 6.05. The summed E-state index contributed by atoms with van der Waals surface area (Å²) in [6, 6.07) is 12.7. The summed E-state index contributed by atoms with van der Waals surface area (Å²) < 4.78 is 13.3. The predicted molar refractivity (Wildman–Crippen MR) is 117 cm³/mol. The number of carbonyl (C=O) groups excluding carboxylic acids is 2. The van der Waals surface area contributed by atoms with Crippen molar-refractivity contribution in [2.24, 2.45) is 0 Å². The smallest absolute Gasteiger partial charge is 0.242 e. The molecule has 1 N–H and O–H groups in total. The Balaban J connectivity index is 1.75. The number of nitrogens with zero attached hydrogens (tertiary/aromatic N) is 1. The number of amides is 2. The van der Waals surface area contributed by atoms with Gasteiger partial charge in [-0.1, -0.05) is 55.1 Å². The lowest BCUT2D eigenvalue weighted by Crippen LogP contribution is -2.50. The van der Waals surface area contributed by atoms with E-state index in [0.29, 0.717) is 5.02 Å². The third-order valence-corrected chi connectivity index (χ3v) is 5.86. The molecule has 1 unspecified atom stereocenters. The molecule has 3 rings (SSSR count). The summed E-state index contributed by atoms with van der Waals surface area (Å²) in [7, 11) is 0. The van der Waals surface area contributed by atoms with Crippen LogP contribution in [0.3, 0.4) is 0 Å². The molecule has 4 nitrogen and oxygen atoms in total. The topological polar surface area (TPSA) is 49.4 Å². The summed E-state index contributed by atoms with van der Waals surface area (Å²) in [5, 5.41) is 3.67. The maximum atomic E-state index is 13.3. The van der Waals surface area contributed by atoms with E-state index in [0.717, 1.165) is 36.8 Å². The molecule has 160 valence electrons. The number of carbonyl (C=O) groups is 2. The molecule has 1 atom stereocenters. The molecular formula is C24H28ClFN2O2. The van der Waals surface area contributed by atoms with Gasteiger partial charge >= 0.3 is 0 Å². The van der Waals surface area contributed by atoms with Crippen molar-refractivity contribution >= 4 is 23.4 Å². The zero-order valence-electron chi connectivity index (χ0n) is 17.2. The highest BCUT2D eigenvalue weighted by atomic mass is 35.5. The number of halogens is 2. The second-order valence-electron chi connectivity index (χ2n) is 7.97. The van der Waals surface area contributed by atoms with Crippen LogP contribution in [0, 0.1) is 5.82 Å². The first kappa shape index (κ1) is 22.3. The molecule has 0 saturated heterocycles. The maximum Gasteiger partial charge on any atom is 0.242 e. The Kier molecular flexibility index (Phi) is 7.86. The second-order valence-corrected chi connectivity index (χ2v) is 8.41. The van der Waals surface area contributed by atoms with Crippen molar-refractivity contribution in [2.75, 3.05) is 0 Å². The molecule has 0 spiro atoms. The average molecular weight is 431 g/mol. The number of rotatable bonds is 7. The van der Waals surface area contributed by atoms with Gasteiger partial charge in [0, 0.05) is 17.6 Å². The van der Waals surface area contributed by atoms with Gasteiger partial charge in [0.2, 0.25) is 11.8 Å². The minimum atomic E-state index is -0.635. The Hall–Kier alpha value is -2.40. The molecule has 0 aliphatic heterocycles. The van der Waals surface area contributed by atoms with E-state index in [9.17, 15) is 14.0 Å². The van der Waals surface area contributed by atoms with Crippen LogP contribution in [0.1, 0.15) is 50.2 Å². The van der Waals surface area contributed by atoms with E-state index in [1.165, 1.54) is 18.6 Å². The number of benzene rings is 2. The monoisotopic (exact) mass is 430 g/mol. The van der Waals surface area contributed by atoms with Gasteiger partial charge in [0.1, 0.15) is 11.9 Å². The molecule has 1 fully saturated rings. The first-order chi connectivity index (χ1) is 14.4. The Labute approximate surface area is 182 Å². The van der Waals surface area contributed by atoms with Crippen molar-refractivity contribution < 1.29 is 14.0 Å². The molecule has 30 heavy (non-hydrogen) atoms. The van der Waals surface area contributed by atoms with Crippen LogP contribution in [0.2, 0.25) is 5.02 Å². The quantitative estimate of drug-likeness (QED) is 0.680. The molecule has 0 bridgehead atoms. The van der Waals surface area contributed by atoms with E-state index >= 15 is 0 Å². The van der Waals surface area contributed by atoms with Crippen LogP contribution < -0.4 is 5.32 Å². The van der Waals surface area contributed by atoms with Crippen LogP contribution >= 0.6 is 11.6 Å². The fourth-order valence-corrected chi connectivity index (χ4v) is 4.07. The minimum absolute atomic E-state index is 0.142. The van der Waals surface area contributed by atoms with Crippen LogP contribution in [0.5, 0.6) is 0 Å². The Morgan fingerprint density at radius 1 is 1.10 bits per heavy atom. The number of hydrogen-bond donors (Lipinski definition) is 1. The first-order valence-corrected chi connectivity index (χ1v) is 10.9. The summed E-state index contributed by atoms with van der Waals surface area (Å²) in [5.74, 6) is -0.657. The largest absolute Gasteiger partial charge is 0.352 e. The molecule has 2 amide bonds. The highest BCUT2D eigenvalue weighted by Crippen LogP contribution is 2.19. The van der Waals surface area contributed by atoms with Crippen molar-refractivity contribution in [3.8, 4) is 0 Å². The molecule has 1 aliphatic rings. The predicted octanol–water partition coefficient (Wildman–Crippen LogP) is 4.89. The summed E-state index contributed by atoms with van der Waals surface area (Å²) in [4.78, 5) is 27.6. The standard InChI is InChI=1S/C24H28ClFN2O2/c1-17(24(30)27-22-8-3-2-4-9-22)28(16-18-10-12-21(26)13-11-18)23(29)15-19-6-5-7-20(25)14-19/h5-7,10-14,17,22H,2-4,8-9,15-16H2,1H3,(H,27,30). The average Bonchev–Trinajstić information content (AvgIpc) is 2.73. The van der Waals surface area contributed by atoms with Crippen LogP contribution in [0.4, 0.5) is 4.39 Å². The van der Waals surface area contributed by atoms with Gasteiger partial charge < -0.3 is 10.2 Å². The van der Waals surface area contributed by atoms with Gasteiger partial charge in [-0.2, -0.15) is 0 Å². The minimum Gasteiger partial charge on any atom is -0.352 e. The van der Waals surface area contributed by atoms with E-state index in [1.54, 1.807) is 42.2 Å². The van der Waals surface area contributed by atoms with Crippen molar-refractivity contribution in [3.63, 3.8) is 0 Å². The van der Waals surface area contributed by atoms with E-state index in [4.69, 9.17) is 11.6 Å². The van der Waals surface area contributed by atoms with Crippen LogP contribution in [0.15, 0.2) is 48.5 Å². The molecule has 0 radical (unpaired) electrons. The molecule has 0 heterocycles. The second kappa shape index (κ2) is 10.6. The van der Waals surface area contributed by atoms with Crippen molar-refractivity contribution in [3.05, 3.63) is 70.5 Å². The van der Waals surface area contributed by atoms with E-state index in [2.05, 4.69) is 5.32 Å². The molecule has 6 heteroatoms. The van der Waals surface area contributed by atoms with Crippen molar-refractivity contribution in [1.82, 2.24) is 10.2 Å². The van der Waals surface area contributed by atoms with Gasteiger partial charge in [0.05, 0.1) is 6.42 Å². The summed E-state index contributed by atoms with van der Waals surface area (Å²) in [6.07, 6.45) is 5.54. The normalized spacial score (nSPS) is 15.4. The fraction of sp³-hybridized carbons (Fsp3) is 0.417. The zero-order valence-corrected chi connectivity index (χ0v) is 18.0. The van der Waals surface area contributed by atoms with Crippen molar-refractivity contribution in [2.45, 2.75) is 64.1 Å². The first-order valence-electron chi connectivity index (χ1n) is 10.5. The Morgan fingerprint density at radius 2 is 1.80 bits per heavy atom. The van der Waals surface area contributed by atoms with Gasteiger partial charge in [-0.15, -0.1) is 0 Å². The van der Waals surface area contributed by atoms with E-state index < -0.39 is 6.04 Å². The highest BCUT2D eigenvalue weighted by Gasteiger charge is 2.28. The SMILES string of the molecule is CC(C(=O)NC1CCCCC1)N(Cc1ccc(F)cc1)C(=O)Cc1cccc(Cl)c1.